The third kappa shape index (κ3) is 2.87. The largest absolute Gasteiger partial charge is 0.478 e. The molecule has 0 aliphatic rings. The van der Waals surface area contributed by atoms with Crippen molar-refractivity contribution >= 4 is 28.0 Å². The molecule has 0 unspecified atom stereocenters. The van der Waals surface area contributed by atoms with Crippen LogP contribution >= 0.6 is 15.9 Å². The minimum atomic E-state index is -1.07. The van der Waals surface area contributed by atoms with Gasteiger partial charge in [0.2, 0.25) is 0 Å². The molecule has 92 valence electrons. The Morgan fingerprint density at radius 2 is 2.11 bits per heavy atom. The Kier molecular flexibility index (Phi) is 3.62. The molecular weight excluding hydrogens is 303 g/mol. The topological polar surface area (TPSA) is 50.4 Å². The molecule has 1 N–H and O–H groups in total. The van der Waals surface area contributed by atoms with Gasteiger partial charge in [0, 0.05) is 10.5 Å². The van der Waals surface area contributed by atoms with Gasteiger partial charge >= 0.3 is 5.97 Å². The average Bonchev–Trinajstić information content (AvgIpc) is 2.75. The van der Waals surface area contributed by atoms with Crippen LogP contribution < -0.4 is 0 Å². The highest BCUT2D eigenvalue weighted by molar-refractivity contribution is 9.10. The molecule has 0 aliphatic carbocycles. The number of halogens is 2. The van der Waals surface area contributed by atoms with Crippen LogP contribution in [0.25, 0.3) is 17.4 Å². The van der Waals surface area contributed by atoms with Crippen LogP contribution in [0.4, 0.5) is 4.39 Å². The van der Waals surface area contributed by atoms with E-state index in [2.05, 4.69) is 15.9 Å². The van der Waals surface area contributed by atoms with Crippen LogP contribution in [0, 0.1) is 5.82 Å². The van der Waals surface area contributed by atoms with Gasteiger partial charge in [0.15, 0.2) is 0 Å². The zero-order chi connectivity index (χ0) is 13.1. The minimum absolute atomic E-state index is 0.327. The number of rotatable bonds is 3. The highest BCUT2D eigenvalue weighted by Crippen LogP contribution is 2.27. The average molecular weight is 311 g/mol. The lowest BCUT2D eigenvalue weighted by Crippen LogP contribution is -1.84. The molecular formula is C13H8BrFO3. The molecule has 1 aromatic carbocycles. The van der Waals surface area contributed by atoms with Crippen LogP contribution in [0.15, 0.2) is 45.3 Å². The molecule has 0 atom stereocenters. The van der Waals surface area contributed by atoms with Crippen molar-refractivity contribution < 1.29 is 18.7 Å². The summed E-state index contributed by atoms with van der Waals surface area (Å²) in [6, 6.07) is 7.80. The van der Waals surface area contributed by atoms with E-state index in [4.69, 9.17) is 9.52 Å². The van der Waals surface area contributed by atoms with Gasteiger partial charge in [0.05, 0.1) is 5.56 Å². The van der Waals surface area contributed by atoms with E-state index in [1.807, 2.05) is 0 Å². The van der Waals surface area contributed by atoms with Crippen molar-refractivity contribution in [1.29, 1.82) is 0 Å². The zero-order valence-electron chi connectivity index (χ0n) is 9.06. The van der Waals surface area contributed by atoms with Gasteiger partial charge < -0.3 is 9.52 Å². The van der Waals surface area contributed by atoms with Crippen LogP contribution in [0.2, 0.25) is 0 Å². The Morgan fingerprint density at radius 3 is 2.78 bits per heavy atom. The van der Waals surface area contributed by atoms with Crippen LogP contribution in [0.5, 0.6) is 0 Å². The number of carboxylic acids is 1. The second-order valence-electron chi connectivity index (χ2n) is 3.50. The van der Waals surface area contributed by atoms with E-state index in [0.29, 0.717) is 21.6 Å². The molecule has 0 spiro atoms. The lowest BCUT2D eigenvalue weighted by molar-refractivity contribution is -0.131. The van der Waals surface area contributed by atoms with Crippen molar-refractivity contribution in [2.75, 3.05) is 0 Å². The lowest BCUT2D eigenvalue weighted by atomic mass is 10.1. The van der Waals surface area contributed by atoms with Gasteiger partial charge in [-0.2, -0.15) is 0 Å². The Morgan fingerprint density at radius 1 is 1.33 bits per heavy atom. The number of aliphatic carboxylic acids is 1. The van der Waals surface area contributed by atoms with Gasteiger partial charge in [-0.15, -0.1) is 0 Å². The smallest absolute Gasteiger partial charge is 0.328 e. The maximum atomic E-state index is 13.7. The summed E-state index contributed by atoms with van der Waals surface area (Å²) in [5, 5.41) is 8.48. The van der Waals surface area contributed by atoms with Crippen LogP contribution in [-0.2, 0) is 4.79 Å². The van der Waals surface area contributed by atoms with Gasteiger partial charge in [-0.05, 0) is 36.4 Å². The summed E-state index contributed by atoms with van der Waals surface area (Å²) >= 11 is 3.17. The van der Waals surface area contributed by atoms with E-state index < -0.39 is 11.8 Å². The summed E-state index contributed by atoms with van der Waals surface area (Å²) in [4.78, 5) is 10.3. The number of furan rings is 1. The summed E-state index contributed by atoms with van der Waals surface area (Å²) in [5.41, 5.74) is 0.327. The first-order valence-corrected chi connectivity index (χ1v) is 5.82. The fraction of sp³-hybridized carbons (Fsp3) is 0. The standard InChI is InChI=1S/C13H8BrFO3/c14-8-1-4-10(11(15)7-8)12-5-2-9(18-12)3-6-13(16)17/h1-7H,(H,16,17)/b6-3+. The number of benzene rings is 1. The van der Waals surface area contributed by atoms with Gasteiger partial charge in [-0.25, -0.2) is 9.18 Å². The Balaban J connectivity index is 2.32. The molecule has 1 aromatic heterocycles. The van der Waals surface area contributed by atoms with Gasteiger partial charge in [0.25, 0.3) is 0 Å². The monoisotopic (exact) mass is 310 g/mol. The Labute approximate surface area is 111 Å². The molecule has 0 bridgehead atoms. The summed E-state index contributed by atoms with van der Waals surface area (Å²) in [6.45, 7) is 0. The molecule has 2 aromatic rings. The van der Waals surface area contributed by atoms with Crippen molar-refractivity contribution in [1.82, 2.24) is 0 Å². The summed E-state index contributed by atoms with van der Waals surface area (Å²) in [6.07, 6.45) is 2.27. The number of carbonyl (C=O) groups is 1. The lowest BCUT2D eigenvalue weighted by Gasteiger charge is -1.99. The molecule has 2 rings (SSSR count). The first-order chi connectivity index (χ1) is 8.56. The van der Waals surface area contributed by atoms with E-state index in [1.165, 1.54) is 12.1 Å². The molecule has 1 heterocycles. The molecule has 0 aliphatic heterocycles. The minimum Gasteiger partial charge on any atom is -0.478 e. The normalized spacial score (nSPS) is 11.0. The van der Waals surface area contributed by atoms with Gasteiger partial charge in [-0.1, -0.05) is 15.9 Å². The molecule has 0 amide bonds. The second-order valence-corrected chi connectivity index (χ2v) is 4.41. The number of hydrogen-bond acceptors (Lipinski definition) is 2. The summed E-state index contributed by atoms with van der Waals surface area (Å²) in [5.74, 6) is -0.769. The molecule has 0 saturated heterocycles. The zero-order valence-corrected chi connectivity index (χ0v) is 10.6. The van der Waals surface area contributed by atoms with Crippen molar-refractivity contribution in [3.8, 4) is 11.3 Å². The highest BCUT2D eigenvalue weighted by atomic mass is 79.9. The van der Waals surface area contributed by atoms with Crippen LogP contribution in [0.3, 0.4) is 0 Å². The summed E-state index contributed by atoms with van der Waals surface area (Å²) < 4.78 is 19.6. The molecule has 3 nitrogen and oxygen atoms in total. The number of carboxylic acid groups (broad SMARTS) is 1. The maximum absolute atomic E-state index is 13.7. The Bertz CT molecular complexity index is 616. The van der Waals surface area contributed by atoms with E-state index in [9.17, 15) is 9.18 Å². The fourth-order valence-electron chi connectivity index (χ4n) is 1.43. The third-order valence-corrected chi connectivity index (χ3v) is 2.71. The highest BCUT2D eigenvalue weighted by Gasteiger charge is 2.09. The third-order valence-electron chi connectivity index (χ3n) is 2.21. The van der Waals surface area contributed by atoms with E-state index in [1.54, 1.807) is 24.3 Å². The predicted octanol–water partition coefficient (Wildman–Crippen LogP) is 3.95. The molecule has 5 heteroatoms. The SMILES string of the molecule is O=C(O)/C=C/c1ccc(-c2ccc(Br)cc2F)o1. The second kappa shape index (κ2) is 5.18. The quantitative estimate of drug-likeness (QED) is 0.873. The van der Waals surface area contributed by atoms with Crippen LogP contribution in [0.1, 0.15) is 5.76 Å². The first-order valence-electron chi connectivity index (χ1n) is 5.02. The van der Waals surface area contributed by atoms with Gasteiger partial charge in [0.1, 0.15) is 17.3 Å². The maximum Gasteiger partial charge on any atom is 0.328 e. The van der Waals surface area contributed by atoms with E-state index in [-0.39, 0.29) is 0 Å². The Hall–Kier alpha value is -1.88. The molecule has 18 heavy (non-hydrogen) atoms. The van der Waals surface area contributed by atoms with Crippen molar-refractivity contribution in [3.63, 3.8) is 0 Å². The fourth-order valence-corrected chi connectivity index (χ4v) is 1.76. The summed E-state index contributed by atoms with van der Waals surface area (Å²) in [7, 11) is 0. The molecule has 0 radical (unpaired) electrons. The van der Waals surface area contributed by atoms with E-state index in [0.717, 1.165) is 6.08 Å². The number of hydrogen-bond donors (Lipinski definition) is 1. The van der Waals surface area contributed by atoms with Crippen molar-refractivity contribution in [2.45, 2.75) is 0 Å². The van der Waals surface area contributed by atoms with Crippen LogP contribution in [-0.4, -0.2) is 11.1 Å². The molecule has 0 fully saturated rings. The predicted molar refractivity (Wildman–Crippen MR) is 68.5 cm³/mol. The van der Waals surface area contributed by atoms with Gasteiger partial charge in [-0.3, -0.25) is 0 Å². The van der Waals surface area contributed by atoms with Crippen molar-refractivity contribution in [3.05, 3.63) is 52.5 Å². The van der Waals surface area contributed by atoms with Crippen molar-refractivity contribution in [2.24, 2.45) is 0 Å². The molecule has 0 saturated carbocycles. The van der Waals surface area contributed by atoms with E-state index >= 15 is 0 Å². The first kappa shape index (κ1) is 12.6.